The Bertz CT molecular complexity index is 112. The highest BCUT2D eigenvalue weighted by Gasteiger charge is 2.31. The predicted octanol–water partition coefficient (Wildman–Crippen LogP) is 0.727. The molecule has 2 atom stereocenters. The Morgan fingerprint density at radius 1 is 1.50 bits per heavy atom. The first-order valence-corrected chi connectivity index (χ1v) is 4.18. The lowest BCUT2D eigenvalue weighted by molar-refractivity contribution is 0.0128. The molecule has 0 aliphatic carbocycles. The van der Waals surface area contributed by atoms with E-state index >= 15 is 0 Å². The average Bonchev–Trinajstić information content (AvgIpc) is 2.27. The van der Waals surface area contributed by atoms with Crippen molar-refractivity contribution < 1.29 is 4.74 Å². The van der Waals surface area contributed by atoms with Crippen molar-refractivity contribution in [1.29, 1.82) is 0 Å². The van der Waals surface area contributed by atoms with E-state index in [9.17, 15) is 0 Å². The van der Waals surface area contributed by atoms with Gasteiger partial charge in [0.05, 0.1) is 13.2 Å². The Kier molecular flexibility index (Phi) is 1.66. The second-order valence-electron chi connectivity index (χ2n) is 3.56. The van der Waals surface area contributed by atoms with Gasteiger partial charge in [-0.2, -0.15) is 0 Å². The molecule has 2 saturated heterocycles. The van der Waals surface area contributed by atoms with Gasteiger partial charge in [0.1, 0.15) is 0 Å². The molecular weight excluding hydrogens is 126 g/mol. The summed E-state index contributed by atoms with van der Waals surface area (Å²) in [5.41, 5.74) is 0. The molecule has 2 fully saturated rings. The van der Waals surface area contributed by atoms with Crippen molar-refractivity contribution in [1.82, 2.24) is 4.90 Å². The normalized spacial score (nSPS) is 41.7. The van der Waals surface area contributed by atoms with Gasteiger partial charge < -0.3 is 4.74 Å². The van der Waals surface area contributed by atoms with E-state index in [0.29, 0.717) is 0 Å². The molecule has 2 nitrogen and oxygen atoms in total. The summed E-state index contributed by atoms with van der Waals surface area (Å²) in [6, 6.07) is 0.753. The highest BCUT2D eigenvalue weighted by Crippen LogP contribution is 2.24. The highest BCUT2D eigenvalue weighted by atomic mass is 16.5. The van der Waals surface area contributed by atoms with Crippen molar-refractivity contribution in [3.8, 4) is 0 Å². The number of hydrogen-bond acceptors (Lipinski definition) is 2. The monoisotopic (exact) mass is 141 g/mol. The Hall–Kier alpha value is -0.0800. The van der Waals surface area contributed by atoms with E-state index in [-0.39, 0.29) is 0 Å². The smallest absolute Gasteiger partial charge is 0.0622 e. The van der Waals surface area contributed by atoms with Gasteiger partial charge >= 0.3 is 0 Å². The van der Waals surface area contributed by atoms with E-state index in [1.54, 1.807) is 0 Å². The summed E-state index contributed by atoms with van der Waals surface area (Å²) in [4.78, 5) is 2.56. The fourth-order valence-corrected chi connectivity index (χ4v) is 2.09. The maximum absolute atomic E-state index is 5.39. The van der Waals surface area contributed by atoms with E-state index < -0.39 is 0 Å². The molecule has 0 radical (unpaired) electrons. The molecule has 10 heavy (non-hydrogen) atoms. The molecule has 2 aliphatic rings. The van der Waals surface area contributed by atoms with Crippen molar-refractivity contribution >= 4 is 0 Å². The van der Waals surface area contributed by atoms with Crippen molar-refractivity contribution in [3.63, 3.8) is 0 Å². The van der Waals surface area contributed by atoms with Crippen molar-refractivity contribution in [2.45, 2.75) is 19.4 Å². The van der Waals surface area contributed by atoms with Crippen LogP contribution in [0.2, 0.25) is 0 Å². The fourth-order valence-electron chi connectivity index (χ4n) is 2.09. The molecule has 1 unspecified atom stereocenters. The molecule has 2 heteroatoms. The molecule has 0 N–H and O–H groups in total. The lowest BCUT2D eigenvalue weighted by Crippen LogP contribution is -2.40. The van der Waals surface area contributed by atoms with E-state index in [4.69, 9.17) is 4.74 Å². The molecule has 58 valence electrons. The molecule has 0 aromatic rings. The van der Waals surface area contributed by atoms with Crippen molar-refractivity contribution in [2.24, 2.45) is 5.92 Å². The molecule has 2 aliphatic heterocycles. The van der Waals surface area contributed by atoms with Gasteiger partial charge in [-0.1, -0.05) is 6.92 Å². The van der Waals surface area contributed by atoms with Crippen LogP contribution in [0.4, 0.5) is 0 Å². The van der Waals surface area contributed by atoms with Gasteiger partial charge in [-0.05, 0) is 12.3 Å². The van der Waals surface area contributed by atoms with Crippen LogP contribution in [0.5, 0.6) is 0 Å². The maximum atomic E-state index is 5.39. The topological polar surface area (TPSA) is 12.5 Å². The standard InChI is InChI=1S/C8H15NO/c1-7-4-8-6-10-3-2-9(8)5-7/h7-8H,2-6H2,1H3/t7?,8-/m0/s1. The quantitative estimate of drug-likeness (QED) is 0.493. The molecule has 0 aromatic heterocycles. The number of fused-ring (bicyclic) bond motifs is 1. The third kappa shape index (κ3) is 1.06. The molecule has 2 heterocycles. The second-order valence-corrected chi connectivity index (χ2v) is 3.56. The average molecular weight is 141 g/mol. The van der Waals surface area contributed by atoms with Gasteiger partial charge in [0.25, 0.3) is 0 Å². The van der Waals surface area contributed by atoms with Gasteiger partial charge in [-0.25, -0.2) is 0 Å². The first-order chi connectivity index (χ1) is 4.86. The SMILES string of the molecule is CC1C[C@H]2COCCN2C1. The maximum Gasteiger partial charge on any atom is 0.0622 e. The minimum absolute atomic E-state index is 0.753. The Morgan fingerprint density at radius 3 is 3.20 bits per heavy atom. The summed E-state index contributed by atoms with van der Waals surface area (Å²) in [7, 11) is 0. The molecule has 0 amide bonds. The highest BCUT2D eigenvalue weighted by molar-refractivity contribution is 4.84. The largest absolute Gasteiger partial charge is 0.378 e. The zero-order valence-electron chi connectivity index (χ0n) is 6.55. The Balaban J connectivity index is 1.97. The van der Waals surface area contributed by atoms with Crippen LogP contribution in [0.15, 0.2) is 0 Å². The summed E-state index contributed by atoms with van der Waals surface area (Å²) < 4.78 is 5.39. The second kappa shape index (κ2) is 2.51. The molecule has 2 rings (SSSR count). The van der Waals surface area contributed by atoms with Crippen molar-refractivity contribution in [3.05, 3.63) is 0 Å². The molecule has 0 aromatic carbocycles. The zero-order chi connectivity index (χ0) is 6.97. The first-order valence-electron chi connectivity index (χ1n) is 4.18. The molecular formula is C8H15NO. The van der Waals surface area contributed by atoms with Crippen LogP contribution in [-0.4, -0.2) is 37.2 Å². The fraction of sp³-hybridized carbons (Fsp3) is 1.00. The lowest BCUT2D eigenvalue weighted by atomic mass is 10.1. The van der Waals surface area contributed by atoms with E-state index in [1.807, 2.05) is 0 Å². The number of hydrogen-bond donors (Lipinski definition) is 0. The Labute approximate surface area is 62.2 Å². The van der Waals surface area contributed by atoms with Gasteiger partial charge in [0.15, 0.2) is 0 Å². The Morgan fingerprint density at radius 2 is 2.40 bits per heavy atom. The first kappa shape index (κ1) is 6.62. The van der Waals surface area contributed by atoms with Gasteiger partial charge in [0.2, 0.25) is 0 Å². The van der Waals surface area contributed by atoms with E-state index in [1.165, 1.54) is 13.0 Å². The number of nitrogens with zero attached hydrogens (tertiary/aromatic N) is 1. The van der Waals surface area contributed by atoms with E-state index in [2.05, 4.69) is 11.8 Å². The summed E-state index contributed by atoms with van der Waals surface area (Å²) in [6.07, 6.45) is 1.35. The van der Waals surface area contributed by atoms with Crippen LogP contribution >= 0.6 is 0 Å². The van der Waals surface area contributed by atoms with Crippen LogP contribution in [-0.2, 0) is 4.74 Å². The molecule has 0 saturated carbocycles. The minimum atomic E-state index is 0.753. The van der Waals surface area contributed by atoms with Crippen LogP contribution in [0.1, 0.15) is 13.3 Å². The lowest BCUT2D eigenvalue weighted by Gasteiger charge is -2.28. The van der Waals surface area contributed by atoms with E-state index in [0.717, 1.165) is 31.7 Å². The predicted molar refractivity (Wildman–Crippen MR) is 40.0 cm³/mol. The summed E-state index contributed by atoms with van der Waals surface area (Å²) in [5, 5.41) is 0. The zero-order valence-corrected chi connectivity index (χ0v) is 6.55. The summed E-state index contributed by atoms with van der Waals surface area (Å²) in [5.74, 6) is 0.895. The number of rotatable bonds is 0. The number of ether oxygens (including phenoxy) is 1. The third-order valence-electron chi connectivity index (χ3n) is 2.57. The van der Waals surface area contributed by atoms with Crippen LogP contribution in [0, 0.1) is 5.92 Å². The molecule has 0 bridgehead atoms. The van der Waals surface area contributed by atoms with Crippen LogP contribution in [0.25, 0.3) is 0 Å². The van der Waals surface area contributed by atoms with Gasteiger partial charge in [0, 0.05) is 19.1 Å². The number of morpholine rings is 1. The third-order valence-corrected chi connectivity index (χ3v) is 2.57. The van der Waals surface area contributed by atoms with Crippen LogP contribution < -0.4 is 0 Å². The minimum Gasteiger partial charge on any atom is -0.378 e. The van der Waals surface area contributed by atoms with Gasteiger partial charge in [-0.3, -0.25) is 4.90 Å². The molecule has 0 spiro atoms. The van der Waals surface area contributed by atoms with Gasteiger partial charge in [-0.15, -0.1) is 0 Å². The summed E-state index contributed by atoms with van der Waals surface area (Å²) >= 11 is 0. The summed E-state index contributed by atoms with van der Waals surface area (Å²) in [6.45, 7) is 6.72. The van der Waals surface area contributed by atoms with Crippen LogP contribution in [0.3, 0.4) is 0 Å². The van der Waals surface area contributed by atoms with Crippen molar-refractivity contribution in [2.75, 3.05) is 26.3 Å².